The Labute approximate surface area is 124 Å². The number of carboxylic acid groups (broad SMARTS) is 1. The molecule has 0 saturated carbocycles. The second-order valence-electron chi connectivity index (χ2n) is 5.53. The van der Waals surface area contributed by atoms with E-state index in [4.69, 9.17) is 28.3 Å². The highest BCUT2D eigenvalue weighted by atomic mass is 35.5. The summed E-state index contributed by atoms with van der Waals surface area (Å²) in [5.74, 6) is -0.855. The zero-order chi connectivity index (χ0) is 14.8. The zero-order valence-electron chi connectivity index (χ0n) is 11.6. The molecular formula is C14H19Cl2NO2. The number of aliphatic carboxylic acids is 1. The molecular weight excluding hydrogens is 285 g/mol. The van der Waals surface area contributed by atoms with Gasteiger partial charge in [-0.1, -0.05) is 29.3 Å². The number of carbonyl (C=O) groups is 1. The smallest absolute Gasteiger partial charge is 0.317 e. The van der Waals surface area contributed by atoms with Crippen LogP contribution in [0.15, 0.2) is 18.2 Å². The quantitative estimate of drug-likeness (QED) is 0.904. The number of rotatable bonds is 4. The zero-order valence-corrected chi connectivity index (χ0v) is 13.1. The lowest BCUT2D eigenvalue weighted by Gasteiger charge is -2.39. The van der Waals surface area contributed by atoms with Crippen LogP contribution in [0.2, 0.25) is 10.0 Å². The van der Waals surface area contributed by atoms with E-state index in [1.165, 1.54) is 0 Å². The molecule has 0 aliphatic carbocycles. The van der Waals surface area contributed by atoms with Crippen molar-refractivity contribution in [1.29, 1.82) is 0 Å². The fourth-order valence-corrected chi connectivity index (χ4v) is 2.68. The molecule has 1 unspecified atom stereocenters. The van der Waals surface area contributed by atoms with Crippen molar-refractivity contribution in [1.82, 2.24) is 4.90 Å². The van der Waals surface area contributed by atoms with Crippen LogP contribution in [0.1, 0.15) is 39.3 Å². The first kappa shape index (κ1) is 16.3. The van der Waals surface area contributed by atoms with Gasteiger partial charge in [0, 0.05) is 21.6 Å². The van der Waals surface area contributed by atoms with Crippen molar-refractivity contribution in [3.05, 3.63) is 33.8 Å². The van der Waals surface area contributed by atoms with E-state index in [9.17, 15) is 4.79 Å². The summed E-state index contributed by atoms with van der Waals surface area (Å²) >= 11 is 12.1. The van der Waals surface area contributed by atoms with E-state index in [-0.39, 0.29) is 18.1 Å². The molecule has 0 fully saturated rings. The summed E-state index contributed by atoms with van der Waals surface area (Å²) in [6.07, 6.45) is 0. The van der Waals surface area contributed by atoms with Crippen molar-refractivity contribution < 1.29 is 9.90 Å². The predicted molar refractivity (Wildman–Crippen MR) is 79.0 cm³/mol. The lowest BCUT2D eigenvalue weighted by atomic mass is 9.99. The second-order valence-corrected chi connectivity index (χ2v) is 6.38. The minimum atomic E-state index is -0.855. The van der Waals surface area contributed by atoms with Crippen LogP contribution in [-0.2, 0) is 4.79 Å². The van der Waals surface area contributed by atoms with Gasteiger partial charge in [-0.05, 0) is 45.4 Å². The van der Waals surface area contributed by atoms with E-state index in [1.807, 2.05) is 38.7 Å². The minimum Gasteiger partial charge on any atom is -0.480 e. The van der Waals surface area contributed by atoms with Gasteiger partial charge in [0.15, 0.2) is 0 Å². The van der Waals surface area contributed by atoms with Gasteiger partial charge in [-0.3, -0.25) is 9.69 Å². The fourth-order valence-electron chi connectivity index (χ4n) is 2.11. The lowest BCUT2D eigenvalue weighted by molar-refractivity contribution is -0.140. The van der Waals surface area contributed by atoms with Gasteiger partial charge in [-0.25, -0.2) is 0 Å². The molecule has 106 valence electrons. The first-order valence-electron chi connectivity index (χ1n) is 6.06. The van der Waals surface area contributed by atoms with Gasteiger partial charge in [-0.15, -0.1) is 0 Å². The number of hydrogen-bond donors (Lipinski definition) is 1. The predicted octanol–water partition coefficient (Wildman–Crippen LogP) is 4.24. The van der Waals surface area contributed by atoms with Gasteiger partial charge in [0.2, 0.25) is 0 Å². The van der Waals surface area contributed by atoms with Crippen molar-refractivity contribution in [2.24, 2.45) is 0 Å². The first-order chi connectivity index (χ1) is 8.62. The Balaban J connectivity index is 3.11. The van der Waals surface area contributed by atoms with E-state index in [1.54, 1.807) is 12.1 Å². The molecule has 3 nitrogen and oxygen atoms in total. The van der Waals surface area contributed by atoms with Crippen LogP contribution in [0.3, 0.4) is 0 Å². The Bertz CT molecular complexity index is 469. The summed E-state index contributed by atoms with van der Waals surface area (Å²) < 4.78 is 0. The van der Waals surface area contributed by atoms with Gasteiger partial charge in [0.25, 0.3) is 0 Å². The molecule has 0 aliphatic heterocycles. The molecule has 5 heteroatoms. The van der Waals surface area contributed by atoms with Crippen LogP contribution in [0.25, 0.3) is 0 Å². The first-order valence-corrected chi connectivity index (χ1v) is 6.82. The summed E-state index contributed by atoms with van der Waals surface area (Å²) in [4.78, 5) is 12.9. The lowest BCUT2D eigenvalue weighted by Crippen LogP contribution is -2.45. The third-order valence-corrected chi connectivity index (χ3v) is 3.61. The maximum atomic E-state index is 11.0. The van der Waals surface area contributed by atoms with Crippen LogP contribution in [0, 0.1) is 0 Å². The van der Waals surface area contributed by atoms with Crippen LogP contribution in [0.5, 0.6) is 0 Å². The molecule has 0 spiro atoms. The van der Waals surface area contributed by atoms with Crippen molar-refractivity contribution in [3.63, 3.8) is 0 Å². The number of hydrogen-bond acceptors (Lipinski definition) is 2. The third kappa shape index (κ3) is 4.37. The average Bonchev–Trinajstić information content (AvgIpc) is 2.23. The Morgan fingerprint density at radius 3 is 2.37 bits per heavy atom. The third-order valence-electron chi connectivity index (χ3n) is 3.05. The van der Waals surface area contributed by atoms with Gasteiger partial charge in [0.05, 0.1) is 6.54 Å². The number of nitrogens with zero attached hydrogens (tertiary/aromatic N) is 1. The molecule has 1 N–H and O–H groups in total. The van der Waals surface area contributed by atoms with Crippen molar-refractivity contribution in [3.8, 4) is 0 Å². The standard InChI is InChI=1S/C14H19Cl2NO2/c1-9(11-6-5-10(15)7-12(11)16)17(8-13(18)19)14(2,3)4/h5-7,9H,8H2,1-4H3,(H,18,19). The molecule has 1 atom stereocenters. The van der Waals surface area contributed by atoms with Gasteiger partial charge in [-0.2, -0.15) is 0 Å². The maximum absolute atomic E-state index is 11.0. The van der Waals surface area contributed by atoms with Crippen LogP contribution in [0.4, 0.5) is 0 Å². The molecule has 0 radical (unpaired) electrons. The molecule has 0 aliphatic rings. The Hall–Kier alpha value is -0.770. The van der Waals surface area contributed by atoms with Crippen LogP contribution < -0.4 is 0 Å². The van der Waals surface area contributed by atoms with Crippen LogP contribution in [-0.4, -0.2) is 28.1 Å². The molecule has 1 aromatic rings. The maximum Gasteiger partial charge on any atom is 0.317 e. The van der Waals surface area contributed by atoms with Crippen LogP contribution >= 0.6 is 23.2 Å². The Morgan fingerprint density at radius 2 is 1.95 bits per heavy atom. The number of benzene rings is 1. The average molecular weight is 304 g/mol. The minimum absolute atomic E-state index is 0.0381. The van der Waals surface area contributed by atoms with Crippen molar-refractivity contribution in [2.75, 3.05) is 6.54 Å². The Morgan fingerprint density at radius 1 is 1.37 bits per heavy atom. The number of carboxylic acids is 1. The van der Waals surface area contributed by atoms with Gasteiger partial charge in [0.1, 0.15) is 0 Å². The summed E-state index contributed by atoms with van der Waals surface area (Å²) in [5, 5.41) is 10.2. The largest absolute Gasteiger partial charge is 0.480 e. The molecule has 0 heterocycles. The molecule has 19 heavy (non-hydrogen) atoms. The van der Waals surface area contributed by atoms with E-state index in [0.717, 1.165) is 5.56 Å². The molecule has 0 aromatic heterocycles. The second kappa shape index (κ2) is 6.12. The highest BCUT2D eigenvalue weighted by molar-refractivity contribution is 6.35. The van der Waals surface area contributed by atoms with Crippen molar-refractivity contribution >= 4 is 29.2 Å². The highest BCUT2D eigenvalue weighted by Crippen LogP contribution is 2.33. The summed E-state index contributed by atoms with van der Waals surface area (Å²) in [7, 11) is 0. The van der Waals surface area contributed by atoms with Crippen molar-refractivity contribution in [2.45, 2.75) is 39.3 Å². The van der Waals surface area contributed by atoms with E-state index >= 15 is 0 Å². The molecule has 0 amide bonds. The van der Waals surface area contributed by atoms with Gasteiger partial charge < -0.3 is 5.11 Å². The van der Waals surface area contributed by atoms with E-state index in [0.29, 0.717) is 10.0 Å². The van der Waals surface area contributed by atoms with E-state index in [2.05, 4.69) is 0 Å². The number of halogens is 2. The topological polar surface area (TPSA) is 40.5 Å². The summed E-state index contributed by atoms with van der Waals surface area (Å²) in [6, 6.07) is 5.17. The monoisotopic (exact) mass is 303 g/mol. The normalized spacial score (nSPS) is 13.6. The fraction of sp³-hybridized carbons (Fsp3) is 0.500. The Kier molecular flexibility index (Phi) is 5.25. The van der Waals surface area contributed by atoms with Gasteiger partial charge >= 0.3 is 5.97 Å². The molecule has 0 saturated heterocycles. The summed E-state index contributed by atoms with van der Waals surface area (Å²) in [6.45, 7) is 7.86. The van der Waals surface area contributed by atoms with E-state index < -0.39 is 5.97 Å². The highest BCUT2D eigenvalue weighted by Gasteiger charge is 2.29. The molecule has 0 bridgehead atoms. The SMILES string of the molecule is CC(c1ccc(Cl)cc1Cl)N(CC(=O)O)C(C)(C)C. The summed E-state index contributed by atoms with van der Waals surface area (Å²) in [5.41, 5.74) is 0.600. The molecule has 1 aromatic carbocycles. The molecule has 1 rings (SSSR count).